The van der Waals surface area contributed by atoms with E-state index in [4.69, 9.17) is 19.3 Å². The van der Waals surface area contributed by atoms with Gasteiger partial charge in [0.15, 0.2) is 5.79 Å². The van der Waals surface area contributed by atoms with Crippen molar-refractivity contribution in [1.29, 1.82) is 0 Å². The first-order chi connectivity index (χ1) is 19.8. The fourth-order valence-electron chi connectivity index (χ4n) is 8.90. The molecule has 7 heteroatoms. The highest BCUT2D eigenvalue weighted by molar-refractivity contribution is 5.68. The van der Waals surface area contributed by atoms with Crippen molar-refractivity contribution in [1.82, 2.24) is 0 Å². The molecule has 6 rings (SSSR count). The molecule has 1 saturated heterocycles. The highest BCUT2D eigenvalue weighted by Gasteiger charge is 2.63. The minimum atomic E-state index is -1.01. The molecule has 1 aromatic rings. The zero-order valence-corrected chi connectivity index (χ0v) is 25.5. The molecule has 3 saturated carbocycles. The van der Waals surface area contributed by atoms with E-state index >= 15 is 0 Å². The second-order valence-electron chi connectivity index (χ2n) is 14.8. The van der Waals surface area contributed by atoms with E-state index in [1.54, 1.807) is 0 Å². The van der Waals surface area contributed by atoms with Crippen molar-refractivity contribution >= 4 is 5.97 Å². The molecule has 3 N–H and O–H groups in total. The van der Waals surface area contributed by atoms with Crippen LogP contribution in [0, 0.1) is 34.5 Å². The zero-order chi connectivity index (χ0) is 30.0. The fraction of sp³-hybridized carbons (Fsp3) is 0.686. The standard InChI is InChI=1S/C35H46O7/c1-31(2)21-41-35(42-22-31)16-13-28-30-25(11-15-34(28,39)20-35)27-12-14-33(4,38)32(27,3)18-26(30)24-9-7-23(8-10-24)6-5-17-40-19-29(36)37/h7-10,25-27,38-39H,11-22H2,1-4H3,(H,36,37)/t25?,26-,27?,32?,33?,34?/m1/s1. The first kappa shape index (κ1) is 29.8. The largest absolute Gasteiger partial charge is 0.480 e. The maximum absolute atomic E-state index is 12.3. The molecule has 5 aliphatic rings. The van der Waals surface area contributed by atoms with E-state index < -0.39 is 23.0 Å². The van der Waals surface area contributed by atoms with Crippen molar-refractivity contribution in [2.45, 2.75) is 102 Å². The summed E-state index contributed by atoms with van der Waals surface area (Å²) in [5.74, 6) is 5.06. The van der Waals surface area contributed by atoms with E-state index in [1.807, 2.05) is 19.1 Å². The molecule has 0 bridgehead atoms. The van der Waals surface area contributed by atoms with Crippen LogP contribution in [0.2, 0.25) is 0 Å². The number of aliphatic carboxylic acids is 1. The first-order valence-electron chi connectivity index (χ1n) is 15.6. The van der Waals surface area contributed by atoms with Crippen molar-refractivity contribution in [3.05, 3.63) is 46.5 Å². The van der Waals surface area contributed by atoms with Crippen molar-refractivity contribution < 1.29 is 34.3 Å². The van der Waals surface area contributed by atoms with Gasteiger partial charge in [-0.2, -0.15) is 0 Å². The van der Waals surface area contributed by atoms with Gasteiger partial charge in [0.1, 0.15) is 13.2 Å². The fourth-order valence-corrected chi connectivity index (χ4v) is 8.90. The van der Waals surface area contributed by atoms with Crippen molar-refractivity contribution in [3.63, 3.8) is 0 Å². The number of carboxylic acid groups (broad SMARTS) is 1. The van der Waals surface area contributed by atoms with Crippen LogP contribution < -0.4 is 0 Å². The lowest BCUT2D eigenvalue weighted by Gasteiger charge is -2.58. The number of carbonyl (C=O) groups is 1. The van der Waals surface area contributed by atoms with E-state index in [9.17, 15) is 15.0 Å². The van der Waals surface area contributed by atoms with Crippen molar-refractivity contribution in [2.75, 3.05) is 26.4 Å². The summed E-state index contributed by atoms with van der Waals surface area (Å²) < 4.78 is 17.8. The number of allylic oxidation sites excluding steroid dienone is 1. The Balaban J connectivity index is 1.33. The van der Waals surface area contributed by atoms with E-state index in [0.29, 0.717) is 37.9 Å². The van der Waals surface area contributed by atoms with Crippen LogP contribution in [-0.4, -0.2) is 64.7 Å². The third-order valence-electron chi connectivity index (χ3n) is 11.4. The molecule has 4 aliphatic carbocycles. The van der Waals surface area contributed by atoms with Gasteiger partial charge in [-0.25, -0.2) is 4.79 Å². The zero-order valence-electron chi connectivity index (χ0n) is 25.5. The molecule has 7 nitrogen and oxygen atoms in total. The summed E-state index contributed by atoms with van der Waals surface area (Å²) in [6.07, 6.45) is 6.27. The number of rotatable bonds is 4. The Labute approximate surface area is 249 Å². The molecule has 1 heterocycles. The van der Waals surface area contributed by atoms with Gasteiger partial charge in [-0.15, -0.1) is 0 Å². The van der Waals surface area contributed by atoms with Crippen LogP contribution in [0.3, 0.4) is 0 Å². The molecule has 1 aliphatic heterocycles. The van der Waals surface area contributed by atoms with Gasteiger partial charge in [-0.05, 0) is 80.6 Å². The Morgan fingerprint density at radius 3 is 2.43 bits per heavy atom. The maximum Gasteiger partial charge on any atom is 0.329 e. The minimum Gasteiger partial charge on any atom is -0.480 e. The predicted octanol–water partition coefficient (Wildman–Crippen LogP) is 5.18. The Hall–Kier alpha value is -2.21. The lowest BCUT2D eigenvalue weighted by Crippen LogP contribution is -2.58. The number of aliphatic hydroxyl groups is 2. The van der Waals surface area contributed by atoms with Crippen LogP contribution in [0.1, 0.15) is 96.1 Å². The van der Waals surface area contributed by atoms with Crippen LogP contribution in [0.15, 0.2) is 35.4 Å². The van der Waals surface area contributed by atoms with Gasteiger partial charge in [-0.1, -0.05) is 50.3 Å². The minimum absolute atomic E-state index is 0.0232. The van der Waals surface area contributed by atoms with Gasteiger partial charge in [-0.3, -0.25) is 0 Å². The van der Waals surface area contributed by atoms with E-state index in [1.165, 1.54) is 16.7 Å². The molecule has 0 radical (unpaired) electrons. The molecule has 6 atom stereocenters. The monoisotopic (exact) mass is 578 g/mol. The number of carboxylic acids is 1. The summed E-state index contributed by atoms with van der Waals surface area (Å²) in [6.45, 7) is 9.59. The van der Waals surface area contributed by atoms with Gasteiger partial charge in [0.25, 0.3) is 0 Å². The number of ether oxygens (including phenoxy) is 3. The average molecular weight is 579 g/mol. The van der Waals surface area contributed by atoms with Crippen LogP contribution in [0.5, 0.6) is 0 Å². The molecule has 5 unspecified atom stereocenters. The third-order valence-corrected chi connectivity index (χ3v) is 11.4. The Kier molecular flexibility index (Phi) is 7.43. The molecule has 1 aromatic carbocycles. The van der Waals surface area contributed by atoms with Crippen LogP contribution >= 0.6 is 0 Å². The maximum atomic E-state index is 12.3. The number of hydrogen-bond acceptors (Lipinski definition) is 6. The Bertz CT molecular complexity index is 1300. The van der Waals surface area contributed by atoms with Gasteiger partial charge >= 0.3 is 5.97 Å². The molecule has 0 amide bonds. The van der Waals surface area contributed by atoms with Crippen molar-refractivity contribution in [3.8, 4) is 11.8 Å². The molecule has 0 aromatic heterocycles. The van der Waals surface area contributed by atoms with Crippen LogP contribution in [-0.2, 0) is 19.0 Å². The first-order valence-corrected chi connectivity index (χ1v) is 15.6. The molecule has 1 spiro atoms. The average Bonchev–Trinajstić information content (AvgIpc) is 3.18. The lowest BCUT2D eigenvalue weighted by molar-refractivity contribution is -0.322. The molecule has 228 valence electrons. The number of benzene rings is 1. The van der Waals surface area contributed by atoms with E-state index in [-0.39, 0.29) is 30.0 Å². The molecule has 42 heavy (non-hydrogen) atoms. The molecular weight excluding hydrogens is 532 g/mol. The predicted molar refractivity (Wildman–Crippen MR) is 158 cm³/mol. The van der Waals surface area contributed by atoms with Gasteiger partial charge < -0.3 is 29.5 Å². The third kappa shape index (κ3) is 5.14. The van der Waals surface area contributed by atoms with E-state index in [2.05, 4.69) is 44.7 Å². The summed E-state index contributed by atoms with van der Waals surface area (Å²) in [5, 5.41) is 32.7. The molecule has 4 fully saturated rings. The highest BCUT2D eigenvalue weighted by Crippen LogP contribution is 2.67. The summed E-state index contributed by atoms with van der Waals surface area (Å²) in [5.41, 5.74) is 2.72. The summed E-state index contributed by atoms with van der Waals surface area (Å²) in [4.78, 5) is 10.6. The highest BCUT2D eigenvalue weighted by atomic mass is 16.7. The SMILES string of the molecule is CC1(C)COC2(CCC3=C4C(CCC3(O)C2)C2CCC(C)(O)C2(C)C[C@@H]4c2ccc(C#CCOCC(=O)O)cc2)OC1. The second kappa shape index (κ2) is 10.5. The normalized spacial score (nSPS) is 38.2. The van der Waals surface area contributed by atoms with Crippen LogP contribution in [0.4, 0.5) is 0 Å². The molecular formula is C35H46O7. The van der Waals surface area contributed by atoms with Crippen LogP contribution in [0.25, 0.3) is 0 Å². The second-order valence-corrected chi connectivity index (χ2v) is 14.8. The van der Waals surface area contributed by atoms with E-state index in [0.717, 1.165) is 44.1 Å². The quantitative estimate of drug-likeness (QED) is 0.257. The summed E-state index contributed by atoms with van der Waals surface area (Å²) in [6, 6.07) is 8.30. The van der Waals surface area contributed by atoms with Crippen molar-refractivity contribution in [2.24, 2.45) is 22.7 Å². The Morgan fingerprint density at radius 2 is 1.74 bits per heavy atom. The van der Waals surface area contributed by atoms with Gasteiger partial charge in [0.2, 0.25) is 0 Å². The topological polar surface area (TPSA) is 105 Å². The number of fused-ring (bicyclic) bond motifs is 4. The smallest absolute Gasteiger partial charge is 0.329 e. The lowest BCUT2D eigenvalue weighted by atomic mass is 9.50. The summed E-state index contributed by atoms with van der Waals surface area (Å²) >= 11 is 0. The van der Waals surface area contributed by atoms with Gasteiger partial charge in [0.05, 0.1) is 24.4 Å². The summed E-state index contributed by atoms with van der Waals surface area (Å²) in [7, 11) is 0. The Morgan fingerprint density at radius 1 is 1.02 bits per heavy atom. The number of hydrogen-bond donors (Lipinski definition) is 3. The van der Waals surface area contributed by atoms with Gasteiger partial charge in [0, 0.05) is 35.2 Å².